The molecule has 0 fully saturated rings. The molecule has 1 aliphatic rings. The first-order valence-electron chi connectivity index (χ1n) is 6.96. The largest absolute Gasteiger partial charge is 0.481 e. The fraction of sp³-hybridized carbons (Fsp3) is 0.467. The molecule has 0 saturated heterocycles. The first-order chi connectivity index (χ1) is 9.56. The summed E-state index contributed by atoms with van der Waals surface area (Å²) >= 11 is 0. The molecule has 1 aliphatic heterocycles. The van der Waals surface area contributed by atoms with Gasteiger partial charge in [0.1, 0.15) is 0 Å². The van der Waals surface area contributed by atoms with Crippen molar-refractivity contribution in [1.82, 2.24) is 0 Å². The molecule has 108 valence electrons. The second kappa shape index (κ2) is 5.94. The topological polar surface area (TPSA) is 60.9 Å². The molecule has 0 saturated carbocycles. The molecule has 1 amide bonds. The van der Waals surface area contributed by atoms with Crippen molar-refractivity contribution in [3.63, 3.8) is 0 Å². The third-order valence-corrected chi connectivity index (χ3v) is 3.66. The molecule has 0 aliphatic carbocycles. The molecule has 1 aromatic carbocycles. The highest BCUT2D eigenvalue weighted by atomic mass is 16.4. The minimum Gasteiger partial charge on any atom is -0.481 e. The predicted octanol–water partition coefficient (Wildman–Crippen LogP) is 1.90. The van der Waals surface area contributed by atoms with Crippen molar-refractivity contribution in [2.45, 2.75) is 26.7 Å². The number of nitrogens with zero attached hydrogens (tertiary/aromatic N) is 2. The van der Waals surface area contributed by atoms with E-state index in [0.29, 0.717) is 19.5 Å². The Kier molecular flexibility index (Phi) is 4.27. The number of benzene rings is 1. The minimum atomic E-state index is -0.794. The highest BCUT2D eigenvalue weighted by Gasteiger charge is 2.26. The van der Waals surface area contributed by atoms with Gasteiger partial charge in [0.15, 0.2) is 0 Å². The van der Waals surface area contributed by atoms with Gasteiger partial charge < -0.3 is 14.9 Å². The zero-order valence-electron chi connectivity index (χ0n) is 11.9. The lowest BCUT2D eigenvalue weighted by Gasteiger charge is -2.23. The van der Waals surface area contributed by atoms with Gasteiger partial charge >= 0.3 is 5.97 Å². The number of carboxylic acid groups (broad SMARTS) is 1. The van der Waals surface area contributed by atoms with Gasteiger partial charge in [-0.25, -0.2) is 0 Å². The van der Waals surface area contributed by atoms with Crippen LogP contribution in [0.4, 0.5) is 11.4 Å². The van der Waals surface area contributed by atoms with Crippen molar-refractivity contribution in [3.05, 3.63) is 23.8 Å². The number of hydrogen-bond acceptors (Lipinski definition) is 3. The molecule has 0 spiro atoms. The third-order valence-electron chi connectivity index (χ3n) is 3.66. The Bertz CT molecular complexity index is 528. The average Bonchev–Trinajstić information content (AvgIpc) is 2.73. The fourth-order valence-corrected chi connectivity index (χ4v) is 2.61. The molecule has 1 aromatic rings. The summed E-state index contributed by atoms with van der Waals surface area (Å²) in [5.74, 6) is -0.662. The maximum absolute atomic E-state index is 11.9. The molecule has 5 nitrogen and oxygen atoms in total. The molecule has 20 heavy (non-hydrogen) atoms. The standard InChI is InChI=1S/C15H20N2O3/c1-3-16(8-7-15(19)20)12-5-6-13-11(9-12)10-14(18)17(13)4-2/h5-6,9H,3-4,7-8,10H2,1-2H3,(H,19,20). The second-order valence-electron chi connectivity index (χ2n) is 4.85. The van der Waals surface area contributed by atoms with Gasteiger partial charge in [0.2, 0.25) is 5.91 Å². The highest BCUT2D eigenvalue weighted by molar-refractivity contribution is 6.01. The van der Waals surface area contributed by atoms with E-state index in [9.17, 15) is 9.59 Å². The number of amides is 1. The number of anilines is 2. The van der Waals surface area contributed by atoms with Crippen LogP contribution in [-0.4, -0.2) is 36.6 Å². The Morgan fingerprint density at radius 2 is 2.15 bits per heavy atom. The maximum Gasteiger partial charge on any atom is 0.305 e. The van der Waals surface area contributed by atoms with Gasteiger partial charge in [-0.1, -0.05) is 0 Å². The molecule has 1 N–H and O–H groups in total. The smallest absolute Gasteiger partial charge is 0.305 e. The molecule has 2 rings (SSSR count). The third kappa shape index (κ3) is 2.76. The SMILES string of the molecule is CCN(CCC(=O)O)c1ccc2c(c1)CC(=O)N2CC. The lowest BCUT2D eigenvalue weighted by molar-refractivity contribution is -0.136. The minimum absolute atomic E-state index is 0.116. The first-order valence-corrected chi connectivity index (χ1v) is 6.96. The number of carbonyl (C=O) groups is 2. The van der Waals surface area contributed by atoms with E-state index in [1.807, 2.05) is 36.9 Å². The zero-order chi connectivity index (χ0) is 14.7. The van der Waals surface area contributed by atoms with Crippen molar-refractivity contribution >= 4 is 23.3 Å². The summed E-state index contributed by atoms with van der Waals surface area (Å²) in [4.78, 5) is 26.4. The van der Waals surface area contributed by atoms with E-state index in [0.717, 1.165) is 23.5 Å². The van der Waals surface area contributed by atoms with Crippen molar-refractivity contribution in [3.8, 4) is 0 Å². The van der Waals surface area contributed by atoms with Gasteiger partial charge in [0.05, 0.1) is 12.8 Å². The number of rotatable bonds is 6. The quantitative estimate of drug-likeness (QED) is 0.862. The number of carbonyl (C=O) groups excluding carboxylic acids is 1. The van der Waals surface area contributed by atoms with E-state index in [1.165, 1.54) is 0 Å². The highest BCUT2D eigenvalue weighted by Crippen LogP contribution is 2.32. The Labute approximate surface area is 118 Å². The lowest BCUT2D eigenvalue weighted by atomic mass is 10.1. The molecule has 0 atom stereocenters. The monoisotopic (exact) mass is 276 g/mol. The van der Waals surface area contributed by atoms with Crippen LogP contribution in [0.15, 0.2) is 18.2 Å². The van der Waals surface area contributed by atoms with Gasteiger partial charge in [0.25, 0.3) is 0 Å². The van der Waals surface area contributed by atoms with Gasteiger partial charge in [0, 0.05) is 31.0 Å². The first kappa shape index (κ1) is 14.4. The summed E-state index contributed by atoms with van der Waals surface area (Å²) in [6.07, 6.45) is 0.554. The zero-order valence-corrected chi connectivity index (χ0v) is 11.9. The molecular formula is C15H20N2O3. The van der Waals surface area contributed by atoms with E-state index in [2.05, 4.69) is 0 Å². The summed E-state index contributed by atoms with van der Waals surface area (Å²) in [7, 11) is 0. The van der Waals surface area contributed by atoms with Crippen LogP contribution in [0.2, 0.25) is 0 Å². The van der Waals surface area contributed by atoms with Crippen molar-refractivity contribution in [1.29, 1.82) is 0 Å². The maximum atomic E-state index is 11.9. The summed E-state index contributed by atoms with van der Waals surface area (Å²) in [6.45, 7) is 5.87. The summed E-state index contributed by atoms with van der Waals surface area (Å²) in [5, 5.41) is 8.78. The Balaban J connectivity index is 2.21. The van der Waals surface area contributed by atoms with Crippen LogP contribution in [0.1, 0.15) is 25.8 Å². The van der Waals surface area contributed by atoms with Crippen molar-refractivity contribution in [2.24, 2.45) is 0 Å². The predicted molar refractivity (Wildman–Crippen MR) is 78.3 cm³/mol. The molecule has 5 heteroatoms. The van der Waals surface area contributed by atoms with Crippen molar-refractivity contribution < 1.29 is 14.7 Å². The summed E-state index contributed by atoms with van der Waals surface area (Å²) < 4.78 is 0. The Morgan fingerprint density at radius 1 is 1.40 bits per heavy atom. The molecule has 0 aromatic heterocycles. The van der Waals surface area contributed by atoms with Crippen LogP contribution in [-0.2, 0) is 16.0 Å². The molecule has 0 unspecified atom stereocenters. The average molecular weight is 276 g/mol. The molecule has 0 bridgehead atoms. The van der Waals surface area contributed by atoms with E-state index in [-0.39, 0.29) is 12.3 Å². The Hall–Kier alpha value is -2.04. The normalized spacial score (nSPS) is 13.5. The van der Waals surface area contributed by atoms with Crippen LogP contribution in [0, 0.1) is 0 Å². The van der Waals surface area contributed by atoms with Gasteiger partial charge in [-0.2, -0.15) is 0 Å². The van der Waals surface area contributed by atoms with Gasteiger partial charge in [-0.15, -0.1) is 0 Å². The van der Waals surface area contributed by atoms with E-state index in [4.69, 9.17) is 5.11 Å². The van der Waals surface area contributed by atoms with Crippen LogP contribution in [0.25, 0.3) is 0 Å². The van der Waals surface area contributed by atoms with Crippen LogP contribution in [0.3, 0.4) is 0 Å². The van der Waals surface area contributed by atoms with Gasteiger partial charge in [-0.3, -0.25) is 9.59 Å². The number of hydrogen-bond donors (Lipinski definition) is 1. The number of fused-ring (bicyclic) bond motifs is 1. The summed E-state index contributed by atoms with van der Waals surface area (Å²) in [6, 6.07) is 5.93. The van der Waals surface area contributed by atoms with Crippen LogP contribution in [0.5, 0.6) is 0 Å². The fourth-order valence-electron chi connectivity index (χ4n) is 2.61. The Morgan fingerprint density at radius 3 is 2.75 bits per heavy atom. The second-order valence-corrected chi connectivity index (χ2v) is 4.85. The van der Waals surface area contributed by atoms with Gasteiger partial charge in [-0.05, 0) is 37.6 Å². The van der Waals surface area contributed by atoms with E-state index < -0.39 is 5.97 Å². The lowest BCUT2D eigenvalue weighted by Crippen LogP contribution is -2.26. The molecule has 0 radical (unpaired) electrons. The molecule has 1 heterocycles. The molecular weight excluding hydrogens is 256 g/mol. The summed E-state index contributed by atoms with van der Waals surface area (Å²) in [5.41, 5.74) is 3.00. The number of aliphatic carboxylic acids is 1. The van der Waals surface area contributed by atoms with E-state index >= 15 is 0 Å². The number of carboxylic acids is 1. The number of likely N-dealkylation sites (N-methyl/N-ethyl adjacent to an activating group) is 1. The van der Waals surface area contributed by atoms with Crippen LogP contribution >= 0.6 is 0 Å². The van der Waals surface area contributed by atoms with Crippen molar-refractivity contribution in [2.75, 3.05) is 29.4 Å². The van der Waals surface area contributed by atoms with Crippen LogP contribution < -0.4 is 9.80 Å². The van der Waals surface area contributed by atoms with E-state index in [1.54, 1.807) is 4.90 Å².